The van der Waals surface area contributed by atoms with Gasteiger partial charge in [0.05, 0.1) is 42.0 Å². The summed E-state index contributed by atoms with van der Waals surface area (Å²) in [7, 11) is -2.89. The van der Waals surface area contributed by atoms with Gasteiger partial charge >= 0.3 is 12.1 Å². The number of sulfonamides is 1. The van der Waals surface area contributed by atoms with E-state index in [-0.39, 0.29) is 48.6 Å². The van der Waals surface area contributed by atoms with Crippen molar-refractivity contribution in [1.82, 2.24) is 30.2 Å². The third-order valence-electron chi connectivity index (χ3n) is 13.1. The monoisotopic (exact) mass is 956 g/mol. The number of ether oxygens (including phenoxy) is 4. The molecule has 1 aromatic heterocycles. The molecule has 2 aliphatic heterocycles. The number of halogens is 4. The van der Waals surface area contributed by atoms with Gasteiger partial charge in [-0.05, 0) is 82.3 Å². The number of carbonyl (C=O) groups excluding carboxylic acids is 5. The molecule has 0 spiro atoms. The number of nitrogens with zero attached hydrogens (tertiary/aromatic N) is 3. The van der Waals surface area contributed by atoms with Crippen LogP contribution < -0.4 is 24.8 Å². The average Bonchev–Trinajstić information content (AvgIpc) is 4.19. The van der Waals surface area contributed by atoms with E-state index in [4.69, 9.17) is 14.2 Å². The molecule has 2 bridgehead atoms. The normalized spacial score (nSPS) is 29.2. The van der Waals surface area contributed by atoms with Crippen LogP contribution in [0.3, 0.4) is 0 Å². The molecule has 1 saturated heterocycles. The smallest absolute Gasteiger partial charge is 0.408 e. The molecular weight excluding hydrogens is 897 g/mol. The highest BCUT2D eigenvalue weighted by Crippen LogP contribution is 2.50. The van der Waals surface area contributed by atoms with Crippen molar-refractivity contribution < 1.29 is 68.9 Å². The fourth-order valence-corrected chi connectivity index (χ4v) is 9.95. The number of benzene rings is 1. The minimum Gasteiger partial charge on any atom is -0.497 e. The first-order chi connectivity index (χ1) is 30.8. The summed E-state index contributed by atoms with van der Waals surface area (Å²) in [6, 6.07) is 1.59. The first-order valence-electron chi connectivity index (χ1n) is 22.3. The van der Waals surface area contributed by atoms with Crippen LogP contribution >= 0.6 is 0 Å². The maximum absolute atomic E-state index is 16.3. The Morgan fingerprint density at radius 1 is 1.03 bits per heavy atom. The van der Waals surface area contributed by atoms with Crippen molar-refractivity contribution in [3.8, 4) is 11.6 Å². The van der Waals surface area contributed by atoms with Gasteiger partial charge in [0, 0.05) is 25.3 Å². The van der Waals surface area contributed by atoms with Crippen LogP contribution in [-0.4, -0.2) is 114 Å². The van der Waals surface area contributed by atoms with Crippen LogP contribution in [-0.2, 0) is 44.6 Å². The molecule has 17 nitrogen and oxygen atoms in total. The highest BCUT2D eigenvalue weighted by molar-refractivity contribution is 7.91. The summed E-state index contributed by atoms with van der Waals surface area (Å²) in [5.74, 6) is -10.1. The fourth-order valence-electron chi connectivity index (χ4n) is 8.64. The summed E-state index contributed by atoms with van der Waals surface area (Å²) in [4.78, 5) is 76.2. The Morgan fingerprint density at radius 3 is 2.29 bits per heavy atom. The Hall–Kier alpha value is -5.02. The lowest BCUT2D eigenvalue weighted by Gasteiger charge is -2.36. The second kappa shape index (κ2) is 18.9. The first-order valence-corrected chi connectivity index (χ1v) is 23.8. The summed E-state index contributed by atoms with van der Waals surface area (Å²) in [5, 5.41) is 5.06. The van der Waals surface area contributed by atoms with Crippen molar-refractivity contribution in [3.05, 3.63) is 23.9 Å². The lowest BCUT2D eigenvalue weighted by atomic mass is 9.85. The van der Waals surface area contributed by atoms with Gasteiger partial charge in [0.1, 0.15) is 35.6 Å². The minimum atomic E-state index is -4.31. The summed E-state index contributed by atoms with van der Waals surface area (Å²) in [5.41, 5.74) is -3.83. The second-order valence-electron chi connectivity index (χ2n) is 19.1. The van der Waals surface area contributed by atoms with E-state index in [0.717, 1.165) is 4.90 Å². The second-order valence-corrected chi connectivity index (χ2v) is 21.3. The van der Waals surface area contributed by atoms with E-state index in [1.54, 1.807) is 40.7 Å². The van der Waals surface area contributed by atoms with E-state index < -0.39 is 129 Å². The van der Waals surface area contributed by atoms with Gasteiger partial charge in [-0.15, -0.1) is 0 Å². The number of alkyl carbamates (subject to hydrolysis) is 1. The van der Waals surface area contributed by atoms with Crippen molar-refractivity contribution in [2.45, 2.75) is 153 Å². The number of rotatable bonds is 9. The first kappa shape index (κ1) is 50.4. The van der Waals surface area contributed by atoms with Gasteiger partial charge in [0.25, 0.3) is 11.8 Å². The van der Waals surface area contributed by atoms with Crippen LogP contribution in [0.2, 0.25) is 0 Å². The third kappa shape index (κ3) is 10.7. The van der Waals surface area contributed by atoms with E-state index in [2.05, 4.69) is 25.3 Å². The van der Waals surface area contributed by atoms with Crippen molar-refractivity contribution >= 4 is 50.8 Å². The van der Waals surface area contributed by atoms with Crippen molar-refractivity contribution in [3.63, 3.8) is 0 Å². The zero-order chi connectivity index (χ0) is 48.7. The zero-order valence-corrected chi connectivity index (χ0v) is 39.2. The van der Waals surface area contributed by atoms with Crippen molar-refractivity contribution in [2.24, 2.45) is 23.2 Å². The molecule has 3 heterocycles. The number of carbonyl (C=O) groups is 5. The molecule has 5 aliphatic rings. The highest BCUT2D eigenvalue weighted by Gasteiger charge is 2.68. The molecule has 4 fully saturated rings. The number of hydrogen-bond donors (Lipinski definition) is 3. The zero-order valence-electron chi connectivity index (χ0n) is 38.4. The quantitative estimate of drug-likeness (QED) is 0.208. The molecular formula is C44H60F4N6O11S. The molecule has 2 aromatic rings. The molecule has 0 radical (unpaired) electrons. The Kier molecular flexibility index (Phi) is 14.5. The van der Waals surface area contributed by atoms with Crippen LogP contribution in [0.5, 0.6) is 11.6 Å². The lowest BCUT2D eigenvalue weighted by Crippen LogP contribution is -2.61. The minimum absolute atomic E-state index is 0.0516. The number of hydrogen-bond acceptors (Lipinski definition) is 13. The van der Waals surface area contributed by atoms with Crippen LogP contribution in [0.25, 0.3) is 11.0 Å². The summed E-state index contributed by atoms with van der Waals surface area (Å²) in [6.07, 6.45) is -4.91. The number of alkyl halides is 4. The fraction of sp³-hybridized carbons (Fsp3) is 0.705. The van der Waals surface area contributed by atoms with Crippen LogP contribution in [0, 0.1) is 23.2 Å². The number of methoxy groups -OCH3 is 1. The topological polar surface area (TPSA) is 222 Å². The van der Waals surface area contributed by atoms with E-state index in [0.29, 0.717) is 31.6 Å². The average molecular weight is 957 g/mol. The molecule has 8 atom stereocenters. The molecule has 7 rings (SSSR count). The van der Waals surface area contributed by atoms with Gasteiger partial charge in [-0.2, -0.15) is 8.78 Å². The standard InChI is InChI=1S/C40H52F4N6O9S.C4H8O2/c1-7-22-27-19-50(28(22)32(51)48-39(18-23(39)31(41)42)35(53)49-60(55,56)38(5)14-15-38)34(52)30(37(2,3)4)47-36(54)59-26-16-20(26)10-8-9-13-40(43,44)29-33(58-27)46-25-17-21(57-6)11-12-24(25)45-29;1-3-6-4(2)5/h11-12,17,20,22-23,26-28,30-31H,7-10,13-16,18-19H2,1-6H3,(H,47,54)(H,48,51)(H,49,53);3H2,1-2H3/t20-,22-,23+,26-,27+,28+,30-,39-;/m1./s1. The van der Waals surface area contributed by atoms with Crippen molar-refractivity contribution in [1.29, 1.82) is 0 Å². The predicted molar refractivity (Wildman–Crippen MR) is 229 cm³/mol. The van der Waals surface area contributed by atoms with E-state index in [1.165, 1.54) is 33.1 Å². The number of esters is 1. The van der Waals surface area contributed by atoms with Gasteiger partial charge in [0.2, 0.25) is 34.1 Å². The molecule has 3 N–H and O–H groups in total. The van der Waals surface area contributed by atoms with E-state index >= 15 is 8.78 Å². The van der Waals surface area contributed by atoms with Gasteiger partial charge in [0.15, 0.2) is 5.69 Å². The Labute approximate surface area is 381 Å². The summed E-state index contributed by atoms with van der Waals surface area (Å²) in [6.45, 7) is 11.3. The van der Waals surface area contributed by atoms with E-state index in [1.807, 2.05) is 4.72 Å². The number of aromatic nitrogens is 2. The maximum atomic E-state index is 16.3. The molecule has 0 unspecified atom stereocenters. The highest BCUT2D eigenvalue weighted by atomic mass is 32.2. The van der Waals surface area contributed by atoms with Gasteiger partial charge in [-0.3, -0.25) is 23.9 Å². The summed E-state index contributed by atoms with van der Waals surface area (Å²) < 4.78 is 110. The molecule has 366 valence electrons. The van der Waals surface area contributed by atoms with Crippen LogP contribution in [0.15, 0.2) is 18.2 Å². The van der Waals surface area contributed by atoms with Gasteiger partial charge in [-0.25, -0.2) is 32.0 Å². The predicted octanol–water partition coefficient (Wildman–Crippen LogP) is 5.53. The Morgan fingerprint density at radius 2 is 1.73 bits per heavy atom. The SMILES string of the molecule is CCOC(C)=O.CC[C@@H]1[C@@H]2CN(C(=O)[C@H](C(C)(C)C)NC(=O)O[C@@H]3C[C@H]3CCCCC(F)(F)c3nc4ccc(OC)cc4nc3O2)[C@@H]1C(=O)N[C@]1(C(=O)NS(=O)(=O)C2(C)CC2)C[C@H]1C(F)F. The van der Waals surface area contributed by atoms with Gasteiger partial charge < -0.3 is 34.5 Å². The molecule has 3 saturated carbocycles. The number of fused-ring (bicyclic) bond motifs is 5. The number of amides is 4. The Bertz CT molecular complexity index is 2310. The largest absolute Gasteiger partial charge is 0.497 e. The molecule has 1 aromatic carbocycles. The van der Waals surface area contributed by atoms with Crippen molar-refractivity contribution in [2.75, 3.05) is 20.3 Å². The summed E-state index contributed by atoms with van der Waals surface area (Å²) >= 11 is 0. The number of nitrogens with one attached hydrogen (secondary N) is 3. The van der Waals surface area contributed by atoms with Gasteiger partial charge in [-0.1, -0.05) is 34.1 Å². The molecule has 3 aliphatic carbocycles. The Balaban J connectivity index is 0.00000112. The lowest BCUT2D eigenvalue weighted by molar-refractivity contribution is -0.144. The van der Waals surface area contributed by atoms with E-state index in [9.17, 15) is 41.2 Å². The molecule has 4 amide bonds. The van der Waals surface area contributed by atoms with Crippen LogP contribution in [0.4, 0.5) is 22.4 Å². The maximum Gasteiger partial charge on any atom is 0.408 e. The molecule has 22 heteroatoms. The molecule has 66 heavy (non-hydrogen) atoms. The van der Waals surface area contributed by atoms with Crippen LogP contribution in [0.1, 0.15) is 112 Å². The third-order valence-corrected chi connectivity index (χ3v) is 15.3.